The molecule has 0 spiro atoms. The van der Waals surface area contributed by atoms with Crippen LogP contribution in [0.4, 0.5) is 8.78 Å². The van der Waals surface area contributed by atoms with Crippen LogP contribution in [-0.2, 0) is 9.05 Å². The molecule has 76 valence electrons. The molecule has 2 unspecified atom stereocenters. The van der Waals surface area contributed by atoms with Crippen molar-refractivity contribution in [3.63, 3.8) is 0 Å². The maximum absolute atomic E-state index is 12.7. The molecule has 0 radical (unpaired) electrons. The van der Waals surface area contributed by atoms with E-state index in [0.717, 1.165) is 0 Å². The van der Waals surface area contributed by atoms with Crippen molar-refractivity contribution in [1.82, 2.24) is 0 Å². The monoisotopic (exact) mass is 230 g/mol. The van der Waals surface area contributed by atoms with Crippen LogP contribution in [0.1, 0.15) is 12.8 Å². The molecule has 2 aliphatic rings. The topological polar surface area (TPSA) is 34.1 Å². The minimum Gasteiger partial charge on any atom is -0.212 e. The molecule has 0 bridgehead atoms. The van der Waals surface area contributed by atoms with E-state index in [9.17, 15) is 17.2 Å². The summed E-state index contributed by atoms with van der Waals surface area (Å²) in [6.45, 7) is 0. The summed E-state index contributed by atoms with van der Waals surface area (Å²) in [4.78, 5) is 0. The normalized spacial score (nSPS) is 41.6. The smallest absolute Gasteiger partial charge is 0.212 e. The third-order valence-electron chi connectivity index (χ3n) is 2.97. The van der Waals surface area contributed by atoms with Crippen LogP contribution < -0.4 is 0 Å². The second kappa shape index (κ2) is 2.57. The van der Waals surface area contributed by atoms with Gasteiger partial charge in [-0.15, -0.1) is 0 Å². The number of hydrogen-bond acceptors (Lipinski definition) is 2. The highest BCUT2D eigenvalue weighted by Gasteiger charge is 2.71. The van der Waals surface area contributed by atoms with Crippen LogP contribution >= 0.6 is 10.7 Å². The van der Waals surface area contributed by atoms with Gasteiger partial charge in [0, 0.05) is 22.5 Å². The third kappa shape index (κ3) is 1.68. The Bertz CT molecular complexity index is 313. The predicted octanol–water partition coefficient (Wildman–Crippen LogP) is 1.85. The number of rotatable bonds is 2. The first-order chi connectivity index (χ1) is 5.81. The predicted molar refractivity (Wildman–Crippen MR) is 44.3 cm³/mol. The van der Waals surface area contributed by atoms with Gasteiger partial charge in [0.1, 0.15) is 0 Å². The van der Waals surface area contributed by atoms with E-state index in [0.29, 0.717) is 12.8 Å². The van der Waals surface area contributed by atoms with E-state index < -0.39 is 26.8 Å². The van der Waals surface area contributed by atoms with Crippen molar-refractivity contribution < 1.29 is 17.2 Å². The summed E-state index contributed by atoms with van der Waals surface area (Å²) in [5, 5.41) is 0. The SMILES string of the molecule is O=S(=O)(Cl)CC1CC2C(C1)C2(F)F. The van der Waals surface area contributed by atoms with Gasteiger partial charge in [0.05, 0.1) is 5.75 Å². The molecule has 2 atom stereocenters. The van der Waals surface area contributed by atoms with Crippen molar-refractivity contribution in [2.75, 3.05) is 5.75 Å². The van der Waals surface area contributed by atoms with E-state index in [-0.39, 0.29) is 11.7 Å². The van der Waals surface area contributed by atoms with Crippen LogP contribution in [0, 0.1) is 17.8 Å². The molecule has 2 nitrogen and oxygen atoms in total. The fraction of sp³-hybridized carbons (Fsp3) is 1.00. The van der Waals surface area contributed by atoms with Gasteiger partial charge < -0.3 is 0 Å². The summed E-state index contributed by atoms with van der Waals surface area (Å²) in [6, 6.07) is 0. The summed E-state index contributed by atoms with van der Waals surface area (Å²) < 4.78 is 46.6. The van der Waals surface area contributed by atoms with E-state index in [1.807, 2.05) is 0 Å². The number of hydrogen-bond donors (Lipinski definition) is 0. The number of halogens is 3. The van der Waals surface area contributed by atoms with E-state index in [2.05, 4.69) is 0 Å². The molecule has 0 aromatic carbocycles. The van der Waals surface area contributed by atoms with Crippen molar-refractivity contribution in [2.24, 2.45) is 17.8 Å². The van der Waals surface area contributed by atoms with Gasteiger partial charge in [-0.25, -0.2) is 17.2 Å². The molecule has 6 heteroatoms. The van der Waals surface area contributed by atoms with E-state index in [4.69, 9.17) is 10.7 Å². The molecule has 0 aromatic rings. The summed E-state index contributed by atoms with van der Waals surface area (Å²) in [7, 11) is 1.51. The molecule has 0 saturated heterocycles. The minimum atomic E-state index is -3.52. The first kappa shape index (κ1) is 9.65. The molecule has 0 aromatic heterocycles. The Morgan fingerprint density at radius 2 is 1.77 bits per heavy atom. The van der Waals surface area contributed by atoms with Crippen LogP contribution in [-0.4, -0.2) is 20.1 Å². The Kier molecular flexibility index (Phi) is 1.90. The third-order valence-corrected chi connectivity index (χ3v) is 4.22. The van der Waals surface area contributed by atoms with Crippen molar-refractivity contribution in [3.05, 3.63) is 0 Å². The van der Waals surface area contributed by atoms with Gasteiger partial charge in [-0.05, 0) is 18.8 Å². The molecule has 2 aliphatic carbocycles. The molecule has 0 N–H and O–H groups in total. The van der Waals surface area contributed by atoms with E-state index in [1.54, 1.807) is 0 Å². The molecular weight excluding hydrogens is 222 g/mol. The van der Waals surface area contributed by atoms with Gasteiger partial charge >= 0.3 is 0 Å². The highest BCUT2D eigenvalue weighted by molar-refractivity contribution is 8.13. The Hall–Kier alpha value is 0.1000. The first-order valence-electron chi connectivity index (χ1n) is 4.11. The van der Waals surface area contributed by atoms with Crippen molar-refractivity contribution in [2.45, 2.75) is 18.8 Å². The average Bonchev–Trinajstić information content (AvgIpc) is 2.38. The molecule has 13 heavy (non-hydrogen) atoms. The lowest BCUT2D eigenvalue weighted by Crippen LogP contribution is -2.14. The zero-order chi connectivity index (χ0) is 9.85. The standard InChI is InChI=1S/C7H9ClF2O2S/c8-13(11,12)3-4-1-5-6(2-4)7(5,9)10/h4-6H,1-3H2. The number of fused-ring (bicyclic) bond motifs is 1. The van der Waals surface area contributed by atoms with Gasteiger partial charge in [0.15, 0.2) is 0 Å². The Balaban J connectivity index is 1.91. The summed E-state index contributed by atoms with van der Waals surface area (Å²) in [5.74, 6) is -3.98. The first-order valence-corrected chi connectivity index (χ1v) is 6.58. The average molecular weight is 231 g/mol. The van der Waals surface area contributed by atoms with Crippen LogP contribution in [0.5, 0.6) is 0 Å². The zero-order valence-corrected chi connectivity index (χ0v) is 8.28. The molecular formula is C7H9ClF2O2S. The minimum absolute atomic E-state index is 0.155. The largest absolute Gasteiger partial charge is 0.254 e. The van der Waals surface area contributed by atoms with Gasteiger partial charge in [-0.1, -0.05) is 0 Å². The van der Waals surface area contributed by atoms with Crippen molar-refractivity contribution >= 4 is 19.7 Å². The lowest BCUT2D eigenvalue weighted by atomic mass is 10.1. The quantitative estimate of drug-likeness (QED) is 0.679. The number of alkyl halides is 2. The Morgan fingerprint density at radius 3 is 2.15 bits per heavy atom. The summed E-state index contributed by atoms with van der Waals surface area (Å²) in [5.41, 5.74) is 0. The fourth-order valence-electron chi connectivity index (χ4n) is 2.34. The summed E-state index contributed by atoms with van der Waals surface area (Å²) >= 11 is 0. The van der Waals surface area contributed by atoms with Crippen molar-refractivity contribution in [1.29, 1.82) is 0 Å². The highest BCUT2D eigenvalue weighted by atomic mass is 35.7. The van der Waals surface area contributed by atoms with Gasteiger partial charge in [0.25, 0.3) is 5.92 Å². The van der Waals surface area contributed by atoms with Crippen LogP contribution in [0.2, 0.25) is 0 Å². The maximum Gasteiger partial charge on any atom is 0.254 e. The Morgan fingerprint density at radius 1 is 1.31 bits per heavy atom. The second-order valence-corrected chi connectivity index (χ2v) is 6.75. The second-order valence-electron chi connectivity index (χ2n) is 3.93. The van der Waals surface area contributed by atoms with Crippen molar-refractivity contribution in [3.8, 4) is 0 Å². The molecule has 0 heterocycles. The molecule has 2 saturated carbocycles. The zero-order valence-electron chi connectivity index (χ0n) is 6.71. The van der Waals surface area contributed by atoms with Crippen LogP contribution in [0.3, 0.4) is 0 Å². The lowest BCUT2D eigenvalue weighted by molar-refractivity contribution is 0.0656. The van der Waals surface area contributed by atoms with Gasteiger partial charge in [-0.3, -0.25) is 0 Å². The molecule has 0 amide bonds. The summed E-state index contributed by atoms with van der Waals surface area (Å²) in [6.07, 6.45) is 0.618. The van der Waals surface area contributed by atoms with Crippen LogP contribution in [0.25, 0.3) is 0 Å². The molecule has 2 fully saturated rings. The van der Waals surface area contributed by atoms with Gasteiger partial charge in [0.2, 0.25) is 9.05 Å². The highest BCUT2D eigenvalue weighted by Crippen LogP contribution is 2.65. The van der Waals surface area contributed by atoms with Gasteiger partial charge in [-0.2, -0.15) is 0 Å². The Labute approximate surface area is 79.7 Å². The molecule has 2 rings (SSSR count). The molecule has 0 aliphatic heterocycles. The maximum atomic E-state index is 12.7. The van der Waals surface area contributed by atoms with E-state index in [1.165, 1.54) is 0 Å². The fourth-order valence-corrected chi connectivity index (χ4v) is 3.71. The van der Waals surface area contributed by atoms with Crippen LogP contribution in [0.15, 0.2) is 0 Å². The van der Waals surface area contributed by atoms with E-state index >= 15 is 0 Å². The lowest BCUT2D eigenvalue weighted by Gasteiger charge is -2.11.